The molecule has 1 aliphatic rings. The maximum atomic E-state index is 11.6. The Hall–Kier alpha value is -1.91. The number of carbonyl (C=O) groups is 2. The van der Waals surface area contributed by atoms with E-state index in [1.165, 1.54) is 0 Å². The van der Waals surface area contributed by atoms with Crippen molar-refractivity contribution in [2.75, 3.05) is 6.54 Å². The van der Waals surface area contributed by atoms with E-state index < -0.39 is 0 Å². The predicted molar refractivity (Wildman–Crippen MR) is 62.1 cm³/mol. The van der Waals surface area contributed by atoms with Crippen LogP contribution in [-0.2, 0) is 11.3 Å². The van der Waals surface area contributed by atoms with E-state index in [1.54, 1.807) is 17.3 Å². The van der Waals surface area contributed by atoms with Gasteiger partial charge in [0.25, 0.3) is 0 Å². The fourth-order valence-corrected chi connectivity index (χ4v) is 1.83. The lowest BCUT2D eigenvalue weighted by Gasteiger charge is -2.30. The van der Waals surface area contributed by atoms with Crippen LogP contribution in [0.15, 0.2) is 18.5 Å². The van der Waals surface area contributed by atoms with Crippen molar-refractivity contribution >= 4 is 11.9 Å². The summed E-state index contributed by atoms with van der Waals surface area (Å²) in [5, 5.41) is 2.35. The summed E-state index contributed by atoms with van der Waals surface area (Å²) in [6, 6.07) is 1.58. The average molecular weight is 233 g/mol. The highest BCUT2D eigenvalue weighted by Crippen LogP contribution is 2.14. The summed E-state index contributed by atoms with van der Waals surface area (Å²) in [6.07, 6.45) is 3.48. The summed E-state index contributed by atoms with van der Waals surface area (Å²) < 4.78 is 0. The summed E-state index contributed by atoms with van der Waals surface area (Å²) in [7, 11) is 0. The largest absolute Gasteiger partial charge is 0.324 e. The Morgan fingerprint density at radius 2 is 2.29 bits per heavy atom. The van der Waals surface area contributed by atoms with Gasteiger partial charge in [-0.25, -0.2) is 4.79 Å². The molecular formula is C12H15N3O2. The Balaban J connectivity index is 2.11. The van der Waals surface area contributed by atoms with E-state index in [1.807, 2.05) is 19.9 Å². The standard InChI is InChI=1S/C12H15N3O2/c1-8-5-13-4-3-10(8)7-15-6-9(2)11(16)14-12(15)17/h3-5,9H,6-7H2,1-2H3,(H,14,16,17). The SMILES string of the molecule is Cc1cnccc1CN1CC(C)C(=O)NC1=O. The van der Waals surface area contributed by atoms with Crippen molar-refractivity contribution < 1.29 is 9.59 Å². The monoisotopic (exact) mass is 233 g/mol. The Bertz CT molecular complexity index is 459. The summed E-state index contributed by atoms with van der Waals surface area (Å²) >= 11 is 0. The lowest BCUT2D eigenvalue weighted by molar-refractivity contribution is -0.125. The molecule has 1 aliphatic heterocycles. The number of imide groups is 1. The number of aryl methyl sites for hydroxylation is 1. The Labute approximate surface area is 99.8 Å². The van der Waals surface area contributed by atoms with Crippen LogP contribution in [0.1, 0.15) is 18.1 Å². The molecule has 1 atom stereocenters. The third kappa shape index (κ3) is 2.43. The molecule has 0 bridgehead atoms. The first-order valence-electron chi connectivity index (χ1n) is 5.57. The van der Waals surface area contributed by atoms with E-state index in [4.69, 9.17) is 0 Å². The second kappa shape index (κ2) is 4.53. The first kappa shape index (κ1) is 11.6. The average Bonchev–Trinajstić information content (AvgIpc) is 2.29. The summed E-state index contributed by atoms with van der Waals surface area (Å²) in [5.74, 6) is -0.354. The van der Waals surface area contributed by atoms with Gasteiger partial charge in [-0.2, -0.15) is 0 Å². The molecule has 2 rings (SSSR count). The van der Waals surface area contributed by atoms with Crippen molar-refractivity contribution in [2.45, 2.75) is 20.4 Å². The van der Waals surface area contributed by atoms with Crippen LogP contribution < -0.4 is 5.32 Å². The highest BCUT2D eigenvalue weighted by Gasteiger charge is 2.29. The molecule has 0 aromatic carbocycles. The number of nitrogens with one attached hydrogen (secondary N) is 1. The van der Waals surface area contributed by atoms with Gasteiger partial charge in [-0.1, -0.05) is 6.92 Å². The molecular weight excluding hydrogens is 218 g/mol. The maximum absolute atomic E-state index is 11.6. The van der Waals surface area contributed by atoms with Crippen LogP contribution in [0.25, 0.3) is 0 Å². The van der Waals surface area contributed by atoms with Gasteiger partial charge in [-0.15, -0.1) is 0 Å². The molecule has 1 aromatic rings. The van der Waals surface area contributed by atoms with Crippen LogP contribution in [0.4, 0.5) is 4.79 Å². The molecule has 2 heterocycles. The van der Waals surface area contributed by atoms with E-state index in [-0.39, 0.29) is 17.9 Å². The van der Waals surface area contributed by atoms with Crippen LogP contribution in [0.2, 0.25) is 0 Å². The third-order valence-corrected chi connectivity index (χ3v) is 2.96. The molecule has 5 heteroatoms. The van der Waals surface area contributed by atoms with E-state index in [9.17, 15) is 9.59 Å². The summed E-state index contributed by atoms with van der Waals surface area (Å²) in [5.41, 5.74) is 2.10. The fourth-order valence-electron chi connectivity index (χ4n) is 1.83. The lowest BCUT2D eigenvalue weighted by atomic mass is 10.1. The zero-order chi connectivity index (χ0) is 12.4. The molecule has 1 aromatic heterocycles. The van der Waals surface area contributed by atoms with Crippen molar-refractivity contribution in [3.05, 3.63) is 29.6 Å². The smallest absolute Gasteiger partial charge is 0.319 e. The number of amides is 3. The second-order valence-electron chi connectivity index (χ2n) is 4.38. The van der Waals surface area contributed by atoms with Crippen molar-refractivity contribution in [3.63, 3.8) is 0 Å². The van der Waals surface area contributed by atoms with Gasteiger partial charge >= 0.3 is 6.03 Å². The normalized spacial score (nSPS) is 20.4. The summed E-state index contributed by atoms with van der Waals surface area (Å²) in [6.45, 7) is 4.75. The number of urea groups is 1. The van der Waals surface area contributed by atoms with Crippen molar-refractivity contribution in [1.82, 2.24) is 15.2 Å². The second-order valence-corrected chi connectivity index (χ2v) is 4.38. The summed E-state index contributed by atoms with van der Waals surface area (Å²) in [4.78, 5) is 28.6. The molecule has 90 valence electrons. The van der Waals surface area contributed by atoms with E-state index in [0.717, 1.165) is 11.1 Å². The first-order chi connectivity index (χ1) is 8.08. The van der Waals surface area contributed by atoms with Crippen molar-refractivity contribution in [3.8, 4) is 0 Å². The van der Waals surface area contributed by atoms with Gasteiger partial charge < -0.3 is 4.90 Å². The number of pyridine rings is 1. The quantitative estimate of drug-likeness (QED) is 0.831. The molecule has 0 aliphatic carbocycles. The highest BCUT2D eigenvalue weighted by molar-refractivity contribution is 5.97. The highest BCUT2D eigenvalue weighted by atomic mass is 16.2. The minimum Gasteiger partial charge on any atom is -0.319 e. The van der Waals surface area contributed by atoms with E-state index in [0.29, 0.717) is 13.1 Å². The zero-order valence-corrected chi connectivity index (χ0v) is 9.93. The molecule has 1 fully saturated rings. The number of carbonyl (C=O) groups excluding carboxylic acids is 2. The number of aromatic nitrogens is 1. The number of rotatable bonds is 2. The minimum atomic E-state index is -0.315. The predicted octanol–water partition coefficient (Wildman–Crippen LogP) is 1.08. The molecule has 0 radical (unpaired) electrons. The van der Waals surface area contributed by atoms with Crippen LogP contribution in [0.5, 0.6) is 0 Å². The Kier molecular flexibility index (Phi) is 3.08. The van der Waals surface area contributed by atoms with Gasteiger partial charge in [0.05, 0.1) is 5.92 Å². The van der Waals surface area contributed by atoms with Gasteiger partial charge in [0.2, 0.25) is 5.91 Å². The molecule has 5 nitrogen and oxygen atoms in total. The third-order valence-electron chi connectivity index (χ3n) is 2.96. The van der Waals surface area contributed by atoms with Crippen molar-refractivity contribution in [1.29, 1.82) is 0 Å². The molecule has 1 unspecified atom stereocenters. The topological polar surface area (TPSA) is 62.3 Å². The molecule has 0 saturated carbocycles. The molecule has 1 N–H and O–H groups in total. The Morgan fingerprint density at radius 1 is 1.53 bits per heavy atom. The molecule has 3 amide bonds. The van der Waals surface area contributed by atoms with E-state index in [2.05, 4.69) is 10.3 Å². The van der Waals surface area contributed by atoms with Crippen molar-refractivity contribution in [2.24, 2.45) is 5.92 Å². The van der Waals surface area contributed by atoms with Gasteiger partial charge in [-0.3, -0.25) is 15.1 Å². The number of nitrogens with zero attached hydrogens (tertiary/aromatic N) is 2. The molecule has 1 saturated heterocycles. The molecule has 0 spiro atoms. The molecule has 17 heavy (non-hydrogen) atoms. The van der Waals surface area contributed by atoms with Crippen LogP contribution in [-0.4, -0.2) is 28.4 Å². The van der Waals surface area contributed by atoms with Gasteiger partial charge in [-0.05, 0) is 24.1 Å². The zero-order valence-electron chi connectivity index (χ0n) is 9.93. The van der Waals surface area contributed by atoms with Crippen LogP contribution >= 0.6 is 0 Å². The van der Waals surface area contributed by atoms with Gasteiger partial charge in [0.1, 0.15) is 0 Å². The lowest BCUT2D eigenvalue weighted by Crippen LogP contribution is -2.53. The van der Waals surface area contributed by atoms with E-state index >= 15 is 0 Å². The Morgan fingerprint density at radius 3 is 3.00 bits per heavy atom. The first-order valence-corrected chi connectivity index (χ1v) is 5.57. The fraction of sp³-hybridized carbons (Fsp3) is 0.417. The van der Waals surface area contributed by atoms with Crippen LogP contribution in [0.3, 0.4) is 0 Å². The van der Waals surface area contributed by atoms with Crippen LogP contribution in [0, 0.1) is 12.8 Å². The van der Waals surface area contributed by atoms with Gasteiger partial charge in [0.15, 0.2) is 0 Å². The number of hydrogen-bond donors (Lipinski definition) is 1. The van der Waals surface area contributed by atoms with Gasteiger partial charge in [0, 0.05) is 25.5 Å². The minimum absolute atomic E-state index is 0.158. The maximum Gasteiger partial charge on any atom is 0.324 e. The number of hydrogen-bond acceptors (Lipinski definition) is 3.